The fourth-order valence-electron chi connectivity index (χ4n) is 1.93. The van der Waals surface area contributed by atoms with Gasteiger partial charge in [-0.3, -0.25) is 10.1 Å². The highest BCUT2D eigenvalue weighted by atomic mass is 127. The standard InChI is InChI=1S/C15H17IN2O4/c1-4-21-12-7-9(5-10(16)13(12)22-8(2)3)6-11-14(19)18-15(20)17-11/h5-8H,4H2,1-3H3,(H2,17,18,19,20)/b11-6-. The summed E-state index contributed by atoms with van der Waals surface area (Å²) >= 11 is 2.16. The van der Waals surface area contributed by atoms with Crippen molar-refractivity contribution in [1.82, 2.24) is 10.6 Å². The van der Waals surface area contributed by atoms with Gasteiger partial charge in [0.05, 0.1) is 16.3 Å². The van der Waals surface area contributed by atoms with Crippen LogP contribution in [0.1, 0.15) is 26.3 Å². The topological polar surface area (TPSA) is 76.7 Å². The normalized spacial score (nSPS) is 16.0. The molecule has 1 heterocycles. The van der Waals surface area contributed by atoms with Gasteiger partial charge in [0.25, 0.3) is 5.91 Å². The van der Waals surface area contributed by atoms with Gasteiger partial charge < -0.3 is 14.8 Å². The molecule has 118 valence electrons. The molecule has 2 rings (SSSR count). The molecular weight excluding hydrogens is 399 g/mol. The van der Waals surface area contributed by atoms with Crippen LogP contribution in [0.4, 0.5) is 4.79 Å². The lowest BCUT2D eigenvalue weighted by Gasteiger charge is -2.17. The minimum Gasteiger partial charge on any atom is -0.490 e. The van der Waals surface area contributed by atoms with Gasteiger partial charge in [0.15, 0.2) is 11.5 Å². The fourth-order valence-corrected chi connectivity index (χ4v) is 2.69. The predicted octanol–water partition coefficient (Wildman–Crippen LogP) is 2.66. The van der Waals surface area contributed by atoms with Crippen molar-refractivity contribution in [3.8, 4) is 11.5 Å². The summed E-state index contributed by atoms with van der Waals surface area (Å²) in [7, 11) is 0. The number of halogens is 1. The van der Waals surface area contributed by atoms with E-state index in [9.17, 15) is 9.59 Å². The van der Waals surface area contributed by atoms with E-state index in [1.54, 1.807) is 12.1 Å². The zero-order valence-electron chi connectivity index (χ0n) is 12.5. The maximum atomic E-state index is 11.6. The molecule has 7 heteroatoms. The molecule has 1 fully saturated rings. The Kier molecular flexibility index (Phi) is 5.28. The SMILES string of the molecule is CCOc1cc(/C=C2\NC(=O)NC2=O)cc(I)c1OC(C)C. The number of hydrogen-bond donors (Lipinski definition) is 2. The monoisotopic (exact) mass is 416 g/mol. The number of carbonyl (C=O) groups excluding carboxylic acids is 2. The molecule has 2 N–H and O–H groups in total. The van der Waals surface area contributed by atoms with Gasteiger partial charge in [-0.05, 0) is 67.1 Å². The highest BCUT2D eigenvalue weighted by Gasteiger charge is 2.23. The quantitative estimate of drug-likeness (QED) is 0.440. The van der Waals surface area contributed by atoms with E-state index in [1.165, 1.54) is 0 Å². The first-order chi connectivity index (χ1) is 10.4. The van der Waals surface area contributed by atoms with E-state index < -0.39 is 11.9 Å². The van der Waals surface area contributed by atoms with Gasteiger partial charge in [0.1, 0.15) is 5.70 Å². The molecular formula is C15H17IN2O4. The minimum absolute atomic E-state index is 0.0248. The number of hydrogen-bond acceptors (Lipinski definition) is 4. The largest absolute Gasteiger partial charge is 0.490 e. The summed E-state index contributed by atoms with van der Waals surface area (Å²) in [6.07, 6.45) is 1.63. The summed E-state index contributed by atoms with van der Waals surface area (Å²) in [4.78, 5) is 22.7. The van der Waals surface area contributed by atoms with Crippen molar-refractivity contribution in [2.75, 3.05) is 6.61 Å². The Morgan fingerprint density at radius 3 is 2.55 bits per heavy atom. The van der Waals surface area contributed by atoms with E-state index in [0.717, 1.165) is 9.13 Å². The van der Waals surface area contributed by atoms with Crippen molar-refractivity contribution in [2.24, 2.45) is 0 Å². The zero-order chi connectivity index (χ0) is 16.3. The Morgan fingerprint density at radius 1 is 1.27 bits per heavy atom. The molecule has 1 aliphatic rings. The fraction of sp³-hybridized carbons (Fsp3) is 0.333. The third-order valence-electron chi connectivity index (χ3n) is 2.72. The van der Waals surface area contributed by atoms with Gasteiger partial charge >= 0.3 is 6.03 Å². The lowest BCUT2D eigenvalue weighted by Crippen LogP contribution is -2.22. The lowest BCUT2D eigenvalue weighted by atomic mass is 10.1. The Labute approximate surface area is 142 Å². The number of rotatable bonds is 5. The van der Waals surface area contributed by atoms with E-state index in [0.29, 0.717) is 18.1 Å². The summed E-state index contributed by atoms with van der Waals surface area (Å²) in [5.74, 6) is 0.847. The number of ether oxygens (including phenoxy) is 2. The molecule has 1 aromatic carbocycles. The molecule has 0 spiro atoms. The van der Waals surface area contributed by atoms with Crippen LogP contribution in [-0.4, -0.2) is 24.6 Å². The van der Waals surface area contributed by atoms with Crippen LogP contribution in [0.5, 0.6) is 11.5 Å². The average Bonchev–Trinajstić information content (AvgIpc) is 2.72. The maximum absolute atomic E-state index is 11.6. The van der Waals surface area contributed by atoms with E-state index in [4.69, 9.17) is 9.47 Å². The van der Waals surface area contributed by atoms with Crippen molar-refractivity contribution < 1.29 is 19.1 Å². The van der Waals surface area contributed by atoms with Gasteiger partial charge in [-0.1, -0.05) is 0 Å². The van der Waals surface area contributed by atoms with Crippen molar-refractivity contribution in [2.45, 2.75) is 26.9 Å². The van der Waals surface area contributed by atoms with Crippen molar-refractivity contribution in [1.29, 1.82) is 0 Å². The van der Waals surface area contributed by atoms with E-state index in [2.05, 4.69) is 33.2 Å². The summed E-state index contributed by atoms with van der Waals surface area (Å²) < 4.78 is 12.3. The van der Waals surface area contributed by atoms with E-state index >= 15 is 0 Å². The number of carbonyl (C=O) groups is 2. The third-order valence-corrected chi connectivity index (χ3v) is 3.52. The molecule has 0 saturated carbocycles. The molecule has 1 aliphatic heterocycles. The highest BCUT2D eigenvalue weighted by Crippen LogP contribution is 2.35. The molecule has 0 radical (unpaired) electrons. The Hall–Kier alpha value is -1.77. The summed E-state index contributed by atoms with van der Waals surface area (Å²) in [6, 6.07) is 3.13. The molecule has 22 heavy (non-hydrogen) atoms. The van der Waals surface area contributed by atoms with Crippen LogP contribution < -0.4 is 20.1 Å². The average molecular weight is 416 g/mol. The molecule has 0 bridgehead atoms. The summed E-state index contributed by atoms with van der Waals surface area (Å²) in [5, 5.41) is 4.62. The smallest absolute Gasteiger partial charge is 0.326 e. The Morgan fingerprint density at radius 2 is 2.00 bits per heavy atom. The number of nitrogens with one attached hydrogen (secondary N) is 2. The van der Waals surface area contributed by atoms with Crippen molar-refractivity contribution in [3.05, 3.63) is 27.0 Å². The second kappa shape index (κ2) is 6.99. The molecule has 3 amide bonds. The third kappa shape index (κ3) is 3.90. The van der Waals surface area contributed by atoms with Crippen LogP contribution >= 0.6 is 22.6 Å². The number of imide groups is 1. The van der Waals surface area contributed by atoms with Crippen molar-refractivity contribution >= 4 is 40.6 Å². The van der Waals surface area contributed by atoms with Gasteiger partial charge in [0.2, 0.25) is 0 Å². The van der Waals surface area contributed by atoms with E-state index in [1.807, 2.05) is 26.8 Å². The molecule has 1 aromatic rings. The van der Waals surface area contributed by atoms with Crippen LogP contribution in [0.2, 0.25) is 0 Å². The first-order valence-corrected chi connectivity index (χ1v) is 7.95. The summed E-state index contributed by atoms with van der Waals surface area (Å²) in [6.45, 7) is 6.28. The number of benzene rings is 1. The number of urea groups is 1. The summed E-state index contributed by atoms with van der Waals surface area (Å²) in [5.41, 5.74) is 0.956. The zero-order valence-corrected chi connectivity index (χ0v) is 14.7. The van der Waals surface area contributed by atoms with Crippen LogP contribution in [0, 0.1) is 3.57 Å². The molecule has 6 nitrogen and oxygen atoms in total. The van der Waals surface area contributed by atoms with E-state index in [-0.39, 0.29) is 11.8 Å². The van der Waals surface area contributed by atoms with Gasteiger partial charge in [-0.15, -0.1) is 0 Å². The first kappa shape index (κ1) is 16.6. The minimum atomic E-state index is -0.518. The molecule has 1 saturated heterocycles. The maximum Gasteiger partial charge on any atom is 0.326 e. The lowest BCUT2D eigenvalue weighted by molar-refractivity contribution is -0.115. The number of amides is 3. The highest BCUT2D eigenvalue weighted by molar-refractivity contribution is 14.1. The predicted molar refractivity (Wildman–Crippen MR) is 90.7 cm³/mol. The first-order valence-electron chi connectivity index (χ1n) is 6.87. The second-order valence-electron chi connectivity index (χ2n) is 4.90. The van der Waals surface area contributed by atoms with Crippen molar-refractivity contribution in [3.63, 3.8) is 0 Å². The van der Waals surface area contributed by atoms with Gasteiger partial charge in [0, 0.05) is 0 Å². The van der Waals surface area contributed by atoms with Crippen LogP contribution in [0.3, 0.4) is 0 Å². The second-order valence-corrected chi connectivity index (χ2v) is 6.06. The van der Waals surface area contributed by atoms with Gasteiger partial charge in [-0.25, -0.2) is 4.79 Å². The molecule has 0 unspecified atom stereocenters. The van der Waals surface area contributed by atoms with Crippen LogP contribution in [0.15, 0.2) is 17.8 Å². The Balaban J connectivity index is 2.40. The van der Waals surface area contributed by atoms with Crippen LogP contribution in [0.25, 0.3) is 6.08 Å². The molecule has 0 aliphatic carbocycles. The molecule has 0 atom stereocenters. The Bertz CT molecular complexity index is 641. The molecule has 0 aromatic heterocycles. The van der Waals surface area contributed by atoms with Gasteiger partial charge in [-0.2, -0.15) is 0 Å². The van der Waals surface area contributed by atoms with Crippen LogP contribution in [-0.2, 0) is 4.79 Å².